The van der Waals surface area contributed by atoms with Crippen LogP contribution in [0.3, 0.4) is 0 Å². The molecule has 1 amide bonds. The Bertz CT molecular complexity index is 827. The van der Waals surface area contributed by atoms with Crippen molar-refractivity contribution < 1.29 is 23.8 Å². The van der Waals surface area contributed by atoms with Crippen LogP contribution in [0.4, 0.5) is 4.39 Å². The van der Waals surface area contributed by atoms with Crippen molar-refractivity contribution in [3.8, 4) is 0 Å². The summed E-state index contributed by atoms with van der Waals surface area (Å²) in [5.41, 5.74) is 1.30. The first-order valence-electron chi connectivity index (χ1n) is 8.60. The normalized spacial score (nSPS) is 18.1. The molecule has 1 aliphatic heterocycles. The lowest BCUT2D eigenvalue weighted by Crippen LogP contribution is -2.42. The van der Waals surface area contributed by atoms with Crippen molar-refractivity contribution in [1.29, 1.82) is 0 Å². The van der Waals surface area contributed by atoms with Gasteiger partial charge in [0.2, 0.25) is 0 Å². The van der Waals surface area contributed by atoms with Gasteiger partial charge < -0.3 is 14.7 Å². The minimum absolute atomic E-state index is 0.161. The number of hydrogen-bond acceptors (Lipinski definition) is 4. The van der Waals surface area contributed by atoms with Gasteiger partial charge in [0.15, 0.2) is 0 Å². The predicted molar refractivity (Wildman–Crippen MR) is 100 cm³/mol. The molecule has 0 spiro atoms. The molecule has 2 aromatic carbocycles. The van der Waals surface area contributed by atoms with Gasteiger partial charge >= 0.3 is 5.97 Å². The first-order valence-corrected chi connectivity index (χ1v) is 9.48. The first kappa shape index (κ1) is 19.4. The Kier molecular flexibility index (Phi) is 6.13. The number of nitrogens with zero attached hydrogens (tertiary/aromatic N) is 1. The third-order valence-electron chi connectivity index (χ3n) is 4.36. The molecule has 1 heterocycles. The van der Waals surface area contributed by atoms with E-state index in [1.165, 1.54) is 12.1 Å². The molecule has 27 heavy (non-hydrogen) atoms. The minimum Gasteiger partial charge on any atom is -0.480 e. The summed E-state index contributed by atoms with van der Waals surface area (Å²) in [6.07, 6.45) is -0.318. The van der Waals surface area contributed by atoms with Crippen molar-refractivity contribution in [1.82, 2.24) is 4.90 Å². The molecule has 0 aliphatic carbocycles. The molecule has 1 aliphatic rings. The Balaban J connectivity index is 1.77. The molecule has 7 heteroatoms. The van der Waals surface area contributed by atoms with Crippen molar-refractivity contribution in [3.05, 3.63) is 65.5 Å². The number of morpholine rings is 1. The monoisotopic (exact) mass is 389 g/mol. The third kappa shape index (κ3) is 4.67. The Morgan fingerprint density at radius 2 is 1.93 bits per heavy atom. The summed E-state index contributed by atoms with van der Waals surface area (Å²) in [4.78, 5) is 26.5. The Morgan fingerprint density at radius 1 is 1.22 bits per heavy atom. The van der Waals surface area contributed by atoms with Crippen LogP contribution in [-0.4, -0.2) is 46.8 Å². The Labute approximate surface area is 161 Å². The molecule has 2 aromatic rings. The first-order chi connectivity index (χ1) is 13.0. The van der Waals surface area contributed by atoms with Gasteiger partial charge in [-0.15, -0.1) is 11.8 Å². The zero-order chi connectivity index (χ0) is 19.4. The topological polar surface area (TPSA) is 66.8 Å². The van der Waals surface area contributed by atoms with Gasteiger partial charge in [-0.25, -0.2) is 4.39 Å². The second-order valence-corrected chi connectivity index (χ2v) is 7.64. The van der Waals surface area contributed by atoms with Crippen LogP contribution >= 0.6 is 11.8 Å². The lowest BCUT2D eigenvalue weighted by Gasteiger charge is -2.33. The Hall–Kier alpha value is -2.38. The number of amides is 1. The fourth-order valence-corrected chi connectivity index (χ4v) is 3.79. The summed E-state index contributed by atoms with van der Waals surface area (Å²) in [6, 6.07) is 13.1. The van der Waals surface area contributed by atoms with Gasteiger partial charge in [0.25, 0.3) is 5.91 Å². The quantitative estimate of drug-likeness (QED) is 0.792. The molecule has 0 saturated carbocycles. The van der Waals surface area contributed by atoms with Crippen molar-refractivity contribution in [2.24, 2.45) is 0 Å². The second-order valence-electron chi connectivity index (χ2n) is 6.26. The summed E-state index contributed by atoms with van der Waals surface area (Å²) >= 11 is 1.15. The molecule has 142 valence electrons. The standard InChI is InChI=1S/C20H20FNO4S/c1-13(20(24)25)27-18-5-3-2-4-16(18)19(23)22-10-11-26-17(12-22)14-6-8-15(21)9-7-14/h2-9,13,17H,10-12H2,1H3,(H,24,25). The molecule has 0 radical (unpaired) electrons. The van der Waals surface area contributed by atoms with E-state index in [0.29, 0.717) is 30.2 Å². The molecule has 1 saturated heterocycles. The number of ether oxygens (including phenoxy) is 1. The highest BCUT2D eigenvalue weighted by atomic mass is 32.2. The van der Waals surface area contributed by atoms with Crippen molar-refractivity contribution in [2.45, 2.75) is 23.2 Å². The number of rotatable bonds is 5. The summed E-state index contributed by atoms with van der Waals surface area (Å²) in [5, 5.41) is 8.49. The highest BCUT2D eigenvalue weighted by molar-refractivity contribution is 8.00. The smallest absolute Gasteiger partial charge is 0.316 e. The van der Waals surface area contributed by atoms with Gasteiger partial charge in [-0.3, -0.25) is 9.59 Å². The van der Waals surface area contributed by atoms with E-state index in [2.05, 4.69) is 0 Å². The highest BCUT2D eigenvalue weighted by Crippen LogP contribution is 2.29. The van der Waals surface area contributed by atoms with Crippen LogP contribution in [0, 0.1) is 5.82 Å². The predicted octanol–water partition coefficient (Wildman–Crippen LogP) is 3.60. The van der Waals surface area contributed by atoms with Crippen LogP contribution in [0.2, 0.25) is 0 Å². The molecule has 2 atom stereocenters. The average molecular weight is 389 g/mol. The molecule has 3 rings (SSSR count). The van der Waals surface area contributed by atoms with E-state index < -0.39 is 11.2 Å². The molecule has 2 unspecified atom stereocenters. The fourth-order valence-electron chi connectivity index (χ4n) is 2.87. The maximum absolute atomic E-state index is 13.1. The van der Waals surface area contributed by atoms with Gasteiger partial charge in [0, 0.05) is 11.4 Å². The summed E-state index contributed by atoms with van der Waals surface area (Å²) in [7, 11) is 0. The van der Waals surface area contributed by atoms with Crippen LogP contribution in [0.1, 0.15) is 28.9 Å². The number of carboxylic acids is 1. The fraction of sp³-hybridized carbons (Fsp3) is 0.300. The van der Waals surface area contributed by atoms with Gasteiger partial charge in [0.1, 0.15) is 17.2 Å². The average Bonchev–Trinajstić information content (AvgIpc) is 2.68. The molecule has 5 nitrogen and oxygen atoms in total. The van der Waals surface area contributed by atoms with Crippen molar-refractivity contribution in [3.63, 3.8) is 0 Å². The van der Waals surface area contributed by atoms with E-state index in [1.54, 1.807) is 48.2 Å². The number of carbonyl (C=O) groups excluding carboxylic acids is 1. The van der Waals surface area contributed by atoms with Gasteiger partial charge in [-0.1, -0.05) is 24.3 Å². The number of aliphatic carboxylic acids is 1. The second kappa shape index (κ2) is 8.54. The van der Waals surface area contributed by atoms with Gasteiger partial charge in [-0.2, -0.15) is 0 Å². The van der Waals surface area contributed by atoms with Gasteiger partial charge in [0.05, 0.1) is 18.7 Å². The van der Waals surface area contributed by atoms with E-state index in [-0.39, 0.29) is 17.8 Å². The van der Waals surface area contributed by atoms with Crippen molar-refractivity contribution in [2.75, 3.05) is 19.7 Å². The molecule has 0 aromatic heterocycles. The number of halogens is 1. The molecule has 0 bridgehead atoms. The minimum atomic E-state index is -0.926. The van der Waals surface area contributed by atoms with Crippen LogP contribution in [0.15, 0.2) is 53.4 Å². The number of carboxylic acid groups (broad SMARTS) is 1. The van der Waals surface area contributed by atoms with Gasteiger partial charge in [-0.05, 0) is 36.8 Å². The number of thioether (sulfide) groups is 1. The van der Waals surface area contributed by atoms with Crippen LogP contribution < -0.4 is 0 Å². The van der Waals surface area contributed by atoms with E-state index in [1.807, 2.05) is 0 Å². The van der Waals surface area contributed by atoms with Crippen LogP contribution in [-0.2, 0) is 9.53 Å². The maximum Gasteiger partial charge on any atom is 0.316 e. The van der Waals surface area contributed by atoms with E-state index in [4.69, 9.17) is 9.84 Å². The molecular formula is C20H20FNO4S. The molecule has 1 fully saturated rings. The Morgan fingerprint density at radius 3 is 2.63 bits per heavy atom. The van der Waals surface area contributed by atoms with Crippen molar-refractivity contribution >= 4 is 23.6 Å². The van der Waals surface area contributed by atoms with Crippen LogP contribution in [0.25, 0.3) is 0 Å². The summed E-state index contributed by atoms with van der Waals surface area (Å²) < 4.78 is 18.9. The zero-order valence-corrected chi connectivity index (χ0v) is 15.6. The highest BCUT2D eigenvalue weighted by Gasteiger charge is 2.28. The lowest BCUT2D eigenvalue weighted by atomic mass is 10.1. The molecular weight excluding hydrogens is 369 g/mol. The van der Waals surface area contributed by atoms with E-state index in [0.717, 1.165) is 17.3 Å². The zero-order valence-electron chi connectivity index (χ0n) is 14.8. The number of hydrogen-bond donors (Lipinski definition) is 1. The summed E-state index contributed by atoms with van der Waals surface area (Å²) in [6.45, 7) is 2.78. The maximum atomic E-state index is 13.1. The van der Waals surface area contributed by atoms with E-state index in [9.17, 15) is 14.0 Å². The summed E-state index contributed by atoms with van der Waals surface area (Å²) in [5.74, 6) is -1.41. The number of carbonyl (C=O) groups is 2. The molecule has 1 N–H and O–H groups in total. The lowest BCUT2D eigenvalue weighted by molar-refractivity contribution is -0.136. The largest absolute Gasteiger partial charge is 0.480 e. The third-order valence-corrected chi connectivity index (χ3v) is 5.53. The van der Waals surface area contributed by atoms with E-state index >= 15 is 0 Å². The number of benzene rings is 2. The SMILES string of the molecule is CC(Sc1ccccc1C(=O)N1CCOC(c2ccc(F)cc2)C1)C(=O)O. The van der Waals surface area contributed by atoms with Crippen LogP contribution in [0.5, 0.6) is 0 Å².